The van der Waals surface area contributed by atoms with Crippen molar-refractivity contribution in [2.45, 2.75) is 50.1 Å². The summed E-state index contributed by atoms with van der Waals surface area (Å²) in [7, 11) is 1.30. The highest BCUT2D eigenvalue weighted by Gasteiger charge is 2.54. The quantitative estimate of drug-likeness (QED) is 0.337. The van der Waals surface area contributed by atoms with E-state index in [0.29, 0.717) is 45.6 Å². The van der Waals surface area contributed by atoms with Crippen molar-refractivity contribution >= 4 is 22.9 Å². The number of fused-ring (bicyclic) bond motifs is 1. The number of nitrogens with one attached hydrogen (secondary N) is 1. The molecule has 4 aromatic rings. The number of hydrogen-bond donors (Lipinski definition) is 2. The van der Waals surface area contributed by atoms with Gasteiger partial charge in [0, 0.05) is 41.0 Å². The number of carbonyl (C=O) groups excluding carboxylic acids is 2. The molecule has 4 aliphatic carbocycles. The number of methoxy groups -OCH3 is 1. The summed E-state index contributed by atoms with van der Waals surface area (Å²) in [6.07, 6.45) is 7.22. The number of carbonyl (C=O) groups is 2. The van der Waals surface area contributed by atoms with Gasteiger partial charge in [-0.25, -0.2) is 9.78 Å². The summed E-state index contributed by atoms with van der Waals surface area (Å²) in [4.78, 5) is 44.7. The smallest absolute Gasteiger partial charge is 0.355 e. The van der Waals surface area contributed by atoms with Crippen LogP contribution in [0.4, 0.5) is 0 Å². The minimum absolute atomic E-state index is 0.0413. The van der Waals surface area contributed by atoms with E-state index in [1.54, 1.807) is 35.0 Å². The molecule has 3 N–H and O–H groups in total. The van der Waals surface area contributed by atoms with Gasteiger partial charge in [0.25, 0.3) is 5.91 Å². The van der Waals surface area contributed by atoms with Crippen molar-refractivity contribution in [3.8, 4) is 5.69 Å². The number of esters is 1. The summed E-state index contributed by atoms with van der Waals surface area (Å²) >= 11 is 0. The van der Waals surface area contributed by atoms with Gasteiger partial charge in [0.15, 0.2) is 5.43 Å². The van der Waals surface area contributed by atoms with E-state index in [1.807, 2.05) is 42.5 Å². The molecule has 4 aliphatic rings. The van der Waals surface area contributed by atoms with E-state index in [9.17, 15) is 14.4 Å². The van der Waals surface area contributed by atoms with E-state index in [4.69, 9.17) is 10.5 Å². The Labute approximate surface area is 243 Å². The van der Waals surface area contributed by atoms with Gasteiger partial charge in [0.1, 0.15) is 11.3 Å². The second-order valence-corrected chi connectivity index (χ2v) is 12.4. The molecule has 0 saturated heterocycles. The zero-order valence-electron chi connectivity index (χ0n) is 23.6. The van der Waals surface area contributed by atoms with Crippen molar-refractivity contribution in [3.05, 3.63) is 106 Å². The lowest BCUT2D eigenvalue weighted by Gasteiger charge is -2.58. The maximum absolute atomic E-state index is 13.8. The molecule has 2 aromatic carbocycles. The third-order valence-corrected chi connectivity index (χ3v) is 9.64. The van der Waals surface area contributed by atoms with Gasteiger partial charge in [-0.1, -0.05) is 30.3 Å². The number of nitrogens with two attached hydrogens (primary N) is 1. The number of benzene rings is 2. The van der Waals surface area contributed by atoms with Crippen LogP contribution >= 0.6 is 0 Å². The first-order valence-corrected chi connectivity index (χ1v) is 14.7. The Hall–Kier alpha value is -4.30. The third kappa shape index (κ3) is 4.50. The largest absolute Gasteiger partial charge is 0.464 e. The van der Waals surface area contributed by atoms with Gasteiger partial charge in [-0.05, 0) is 91.8 Å². The molecule has 0 radical (unpaired) electrons. The fourth-order valence-corrected chi connectivity index (χ4v) is 8.10. The van der Waals surface area contributed by atoms with Crippen LogP contribution in [0.25, 0.3) is 16.7 Å². The molecule has 4 fully saturated rings. The molecule has 2 heterocycles. The minimum atomic E-state index is -0.621. The van der Waals surface area contributed by atoms with E-state index in [1.165, 1.54) is 7.11 Å². The van der Waals surface area contributed by atoms with Gasteiger partial charge in [-0.2, -0.15) is 0 Å². The molecule has 42 heavy (non-hydrogen) atoms. The molecule has 214 valence electrons. The predicted molar refractivity (Wildman–Crippen MR) is 160 cm³/mol. The van der Waals surface area contributed by atoms with E-state index >= 15 is 0 Å². The summed E-state index contributed by atoms with van der Waals surface area (Å²) in [5, 5.41) is 3.75. The number of pyridine rings is 2. The summed E-state index contributed by atoms with van der Waals surface area (Å²) < 4.78 is 6.85. The monoisotopic (exact) mass is 562 g/mol. The molecule has 0 aliphatic heterocycles. The van der Waals surface area contributed by atoms with Gasteiger partial charge in [-0.15, -0.1) is 0 Å². The van der Waals surface area contributed by atoms with Crippen LogP contribution in [0, 0.1) is 17.8 Å². The highest BCUT2D eigenvalue weighted by molar-refractivity contribution is 5.95. The van der Waals surface area contributed by atoms with Crippen LogP contribution in [0.3, 0.4) is 0 Å². The summed E-state index contributed by atoms with van der Waals surface area (Å²) in [5.74, 6) is 0.908. The Morgan fingerprint density at radius 3 is 2.38 bits per heavy atom. The normalized spacial score (nSPS) is 25.9. The fraction of sp³-hybridized carbons (Fsp3) is 0.353. The van der Waals surface area contributed by atoms with E-state index in [2.05, 4.69) is 10.3 Å². The molecular formula is C34H34N4O4. The zero-order valence-corrected chi connectivity index (χ0v) is 23.6. The number of nitrogens with zero attached hydrogens (tertiary/aromatic N) is 2. The van der Waals surface area contributed by atoms with Crippen molar-refractivity contribution in [2.75, 3.05) is 7.11 Å². The zero-order chi connectivity index (χ0) is 29.0. The molecule has 1 amide bonds. The molecule has 8 nitrogen and oxygen atoms in total. The van der Waals surface area contributed by atoms with Crippen LogP contribution in [-0.4, -0.2) is 40.1 Å². The van der Waals surface area contributed by atoms with Crippen LogP contribution in [0.15, 0.2) is 77.7 Å². The fourth-order valence-electron chi connectivity index (χ4n) is 8.10. The molecule has 8 heteroatoms. The summed E-state index contributed by atoms with van der Waals surface area (Å²) in [6.45, 7) is 0. The van der Waals surface area contributed by atoms with Gasteiger partial charge in [0.2, 0.25) is 0 Å². The number of para-hydroxylation sites is 1. The maximum Gasteiger partial charge on any atom is 0.355 e. The van der Waals surface area contributed by atoms with Crippen LogP contribution in [0.2, 0.25) is 0 Å². The predicted octanol–water partition coefficient (Wildman–Crippen LogP) is 4.40. The average molecular weight is 563 g/mol. The first-order valence-electron chi connectivity index (χ1n) is 14.7. The molecule has 4 saturated carbocycles. The van der Waals surface area contributed by atoms with E-state index in [0.717, 1.165) is 37.7 Å². The number of ether oxygens (including phenoxy) is 1. The molecule has 4 unspecified atom stereocenters. The number of rotatable bonds is 6. The second kappa shape index (κ2) is 10.2. The van der Waals surface area contributed by atoms with Crippen molar-refractivity contribution in [2.24, 2.45) is 23.5 Å². The standard InChI is InChI=1S/C34H34N4O4/c1-42-33(41)29-27(30(39)26-8-5-13-36-31(26)38(29)25-6-3-2-4-7-25)16-20-9-11-22(12-10-20)32(40)37-28-23-14-21-15-24(28)19-34(35,17-21)18-23/h2-13,21,23-24,28H,14-19,35H2,1H3,(H,37,40)/t21?,23-,24?,28?,34?/m1/s1. The first kappa shape index (κ1) is 26.6. The van der Waals surface area contributed by atoms with Crippen LogP contribution in [-0.2, 0) is 11.2 Å². The second-order valence-electron chi connectivity index (χ2n) is 12.4. The lowest BCUT2D eigenvalue weighted by atomic mass is 9.51. The van der Waals surface area contributed by atoms with Crippen LogP contribution < -0.4 is 16.5 Å². The number of aromatic nitrogens is 2. The van der Waals surface area contributed by atoms with Crippen molar-refractivity contribution < 1.29 is 14.3 Å². The van der Waals surface area contributed by atoms with Crippen LogP contribution in [0.1, 0.15) is 64.1 Å². The topological polar surface area (TPSA) is 116 Å². The Kier molecular flexibility index (Phi) is 6.46. The molecular weight excluding hydrogens is 528 g/mol. The molecule has 5 atom stereocenters. The number of amides is 1. The Bertz CT molecular complexity index is 1730. The average Bonchev–Trinajstić information content (AvgIpc) is 2.99. The molecule has 4 bridgehead atoms. The minimum Gasteiger partial charge on any atom is -0.464 e. The Morgan fingerprint density at radius 1 is 1.00 bits per heavy atom. The lowest BCUT2D eigenvalue weighted by molar-refractivity contribution is -0.0278. The lowest BCUT2D eigenvalue weighted by Crippen LogP contribution is -2.64. The maximum atomic E-state index is 13.8. The van der Waals surface area contributed by atoms with Crippen molar-refractivity contribution in [1.29, 1.82) is 0 Å². The van der Waals surface area contributed by atoms with Crippen LogP contribution in [0.5, 0.6) is 0 Å². The Balaban J connectivity index is 1.20. The van der Waals surface area contributed by atoms with E-state index in [-0.39, 0.29) is 35.0 Å². The SMILES string of the molecule is COC(=O)c1c(Cc2ccc(C(=O)NC3C4CC5C[C@@H]3CC(N)(C5)C4)cc2)c(=O)c2cccnc2n1-c1ccccc1. The summed E-state index contributed by atoms with van der Waals surface area (Å²) in [6, 6.07) is 20.2. The molecule has 8 rings (SSSR count). The third-order valence-electron chi connectivity index (χ3n) is 9.64. The van der Waals surface area contributed by atoms with E-state index < -0.39 is 5.97 Å². The van der Waals surface area contributed by atoms with Gasteiger partial charge < -0.3 is 15.8 Å². The highest BCUT2D eigenvalue weighted by Crippen LogP contribution is 2.54. The first-order chi connectivity index (χ1) is 20.3. The van der Waals surface area contributed by atoms with Gasteiger partial charge >= 0.3 is 5.97 Å². The van der Waals surface area contributed by atoms with Gasteiger partial charge in [0.05, 0.1) is 12.5 Å². The number of hydrogen-bond acceptors (Lipinski definition) is 6. The van der Waals surface area contributed by atoms with Gasteiger partial charge in [-0.3, -0.25) is 14.2 Å². The Morgan fingerprint density at radius 2 is 1.71 bits per heavy atom. The van der Waals surface area contributed by atoms with Crippen molar-refractivity contribution in [1.82, 2.24) is 14.9 Å². The van der Waals surface area contributed by atoms with Crippen molar-refractivity contribution in [3.63, 3.8) is 0 Å². The highest BCUT2D eigenvalue weighted by atomic mass is 16.5. The summed E-state index contributed by atoms with van der Waals surface area (Å²) in [5.41, 5.74) is 9.26. The molecule has 2 aromatic heterocycles. The molecule has 0 spiro atoms.